The smallest absolute Gasteiger partial charge is 0.165 e. The molecule has 1 N–H and O–H groups in total. The summed E-state index contributed by atoms with van der Waals surface area (Å²) in [7, 11) is 3.53. The lowest BCUT2D eigenvalue weighted by atomic mass is 9.34. The molecule has 31 heavy (non-hydrogen) atoms. The Balaban J connectivity index is 1.66. The van der Waals surface area contributed by atoms with Crippen molar-refractivity contribution in [1.82, 2.24) is 4.90 Å². The maximum atomic E-state index is 11.3. The molecule has 0 radical (unpaired) electrons. The summed E-state index contributed by atoms with van der Waals surface area (Å²) in [5.41, 5.74) is 1.26. The number of hydrogen-bond donors (Lipinski definition) is 1. The Morgan fingerprint density at radius 1 is 1.29 bits per heavy atom. The Morgan fingerprint density at radius 3 is 2.77 bits per heavy atom. The highest BCUT2D eigenvalue weighted by molar-refractivity contribution is 5.63. The first-order chi connectivity index (χ1) is 14.8. The summed E-state index contributed by atoms with van der Waals surface area (Å²) in [4.78, 5) is 2.53. The van der Waals surface area contributed by atoms with Crippen LogP contribution in [0.5, 0.6) is 11.5 Å². The van der Waals surface area contributed by atoms with Crippen molar-refractivity contribution in [1.29, 1.82) is 0 Å². The van der Waals surface area contributed by atoms with E-state index >= 15 is 0 Å². The molecule has 6 atom stereocenters. The third-order valence-corrected chi connectivity index (χ3v) is 9.82. The normalized spacial score (nSPS) is 42.0. The average Bonchev–Trinajstić information content (AvgIpc) is 3.11. The molecule has 7 rings (SSSR count). The lowest BCUT2D eigenvalue weighted by Crippen LogP contribution is -2.82. The highest BCUT2D eigenvalue weighted by Gasteiger charge is 2.81. The maximum absolute atomic E-state index is 11.3. The monoisotopic (exact) mass is 423 g/mol. The second-order valence-electron chi connectivity index (χ2n) is 11.0. The number of aliphatic hydroxyl groups is 1. The molecule has 2 heterocycles. The van der Waals surface area contributed by atoms with Gasteiger partial charge < -0.3 is 19.3 Å². The zero-order valence-electron chi connectivity index (χ0n) is 19.0. The van der Waals surface area contributed by atoms with Gasteiger partial charge >= 0.3 is 0 Å². The van der Waals surface area contributed by atoms with Crippen molar-refractivity contribution in [2.75, 3.05) is 27.3 Å². The lowest BCUT2D eigenvalue weighted by Gasteiger charge is -2.74. The van der Waals surface area contributed by atoms with Crippen LogP contribution in [0.25, 0.3) is 0 Å². The van der Waals surface area contributed by atoms with Crippen molar-refractivity contribution in [3.63, 3.8) is 0 Å². The lowest BCUT2D eigenvalue weighted by molar-refractivity contribution is -0.299. The highest BCUT2D eigenvalue weighted by Crippen LogP contribution is 2.77. The van der Waals surface area contributed by atoms with E-state index in [0.717, 1.165) is 50.1 Å². The Hall–Kier alpha value is -1.74. The standard InChI is InChI=1S/C26H33NO4/c1-6-12-27-13-11-25-20-16-7-8-17(29-4)21(20)31-22(25)26(30-5)10-9-24(25,19(27)14-16)15-18(26)23(2,3)28/h1,7-8,18-19,22,28H,9-15H2,2-5H3/t18-,19-,22-,24-,25+,26-/m1/s1. The van der Waals surface area contributed by atoms with Gasteiger partial charge in [0, 0.05) is 42.0 Å². The molecule has 4 bridgehead atoms. The second kappa shape index (κ2) is 5.98. The van der Waals surface area contributed by atoms with Crippen molar-refractivity contribution in [3.05, 3.63) is 23.3 Å². The van der Waals surface area contributed by atoms with Gasteiger partial charge in [0.2, 0.25) is 0 Å². The number of fused-ring (bicyclic) bond motifs is 2. The minimum atomic E-state index is -0.862. The number of ether oxygens (including phenoxy) is 3. The van der Waals surface area contributed by atoms with Crippen LogP contribution >= 0.6 is 0 Å². The molecule has 5 nitrogen and oxygen atoms in total. The molecule has 1 saturated heterocycles. The molecule has 4 fully saturated rings. The summed E-state index contributed by atoms with van der Waals surface area (Å²) < 4.78 is 19.1. The number of terminal acetylenes is 1. The van der Waals surface area contributed by atoms with Gasteiger partial charge in [-0.3, -0.25) is 4.90 Å². The third-order valence-electron chi connectivity index (χ3n) is 9.82. The van der Waals surface area contributed by atoms with Gasteiger partial charge in [0.15, 0.2) is 11.5 Å². The number of piperidine rings is 1. The average molecular weight is 424 g/mol. The number of likely N-dealkylation sites (tertiary alicyclic amines) is 1. The minimum Gasteiger partial charge on any atom is -0.493 e. The van der Waals surface area contributed by atoms with Crippen LogP contribution in [0.15, 0.2) is 12.1 Å². The van der Waals surface area contributed by atoms with Crippen LogP contribution < -0.4 is 9.47 Å². The van der Waals surface area contributed by atoms with E-state index in [-0.39, 0.29) is 22.9 Å². The zero-order chi connectivity index (χ0) is 21.8. The van der Waals surface area contributed by atoms with E-state index in [0.29, 0.717) is 12.6 Å². The van der Waals surface area contributed by atoms with Crippen LogP contribution in [0, 0.1) is 23.7 Å². The van der Waals surface area contributed by atoms with Gasteiger partial charge in [0.05, 0.1) is 19.3 Å². The molecule has 5 heteroatoms. The molecule has 2 spiro atoms. The van der Waals surface area contributed by atoms with Gasteiger partial charge in [-0.1, -0.05) is 12.0 Å². The summed E-state index contributed by atoms with van der Waals surface area (Å²) in [5.74, 6) is 4.64. The molecule has 1 aromatic carbocycles. The van der Waals surface area contributed by atoms with Crippen LogP contribution in [0.3, 0.4) is 0 Å². The molecule has 4 aliphatic carbocycles. The van der Waals surface area contributed by atoms with Gasteiger partial charge in [0.1, 0.15) is 11.7 Å². The van der Waals surface area contributed by atoms with E-state index < -0.39 is 11.2 Å². The largest absolute Gasteiger partial charge is 0.493 e. The maximum Gasteiger partial charge on any atom is 0.165 e. The first kappa shape index (κ1) is 19.9. The van der Waals surface area contributed by atoms with Crippen molar-refractivity contribution in [2.45, 2.75) is 74.7 Å². The third kappa shape index (κ3) is 2.02. The fourth-order valence-electron chi connectivity index (χ4n) is 8.84. The quantitative estimate of drug-likeness (QED) is 0.755. The summed E-state index contributed by atoms with van der Waals surface area (Å²) in [6, 6.07) is 4.64. The first-order valence-corrected chi connectivity index (χ1v) is 11.6. The Labute approximate surface area is 185 Å². The highest BCUT2D eigenvalue weighted by atomic mass is 16.6. The Morgan fingerprint density at radius 2 is 2.10 bits per heavy atom. The fourth-order valence-corrected chi connectivity index (χ4v) is 8.84. The van der Waals surface area contributed by atoms with Gasteiger partial charge in [-0.15, -0.1) is 6.42 Å². The van der Waals surface area contributed by atoms with Crippen LogP contribution in [0.4, 0.5) is 0 Å². The first-order valence-electron chi connectivity index (χ1n) is 11.6. The van der Waals surface area contributed by atoms with Crippen molar-refractivity contribution in [2.24, 2.45) is 11.3 Å². The molecule has 2 aliphatic heterocycles. The van der Waals surface area contributed by atoms with Crippen molar-refractivity contribution < 1.29 is 19.3 Å². The van der Waals surface area contributed by atoms with Gasteiger partial charge in [0.25, 0.3) is 0 Å². The van der Waals surface area contributed by atoms with E-state index in [2.05, 4.69) is 23.0 Å². The van der Waals surface area contributed by atoms with Crippen molar-refractivity contribution in [3.8, 4) is 23.8 Å². The van der Waals surface area contributed by atoms with E-state index in [9.17, 15) is 5.11 Å². The van der Waals surface area contributed by atoms with Crippen LogP contribution in [0.2, 0.25) is 0 Å². The minimum absolute atomic E-state index is 0.00739. The molecule has 6 aliphatic rings. The molecular weight excluding hydrogens is 390 g/mol. The van der Waals surface area contributed by atoms with E-state index in [1.54, 1.807) is 7.11 Å². The van der Waals surface area contributed by atoms with Crippen LogP contribution in [-0.2, 0) is 16.6 Å². The number of rotatable bonds is 4. The van der Waals surface area contributed by atoms with Gasteiger partial charge in [-0.25, -0.2) is 0 Å². The predicted octanol–water partition coefficient (Wildman–Crippen LogP) is 2.91. The Bertz CT molecular complexity index is 992. The second-order valence-corrected chi connectivity index (χ2v) is 11.0. The molecular formula is C26H33NO4. The Kier molecular flexibility index (Phi) is 3.84. The van der Waals surface area contributed by atoms with E-state index in [4.69, 9.17) is 20.6 Å². The fraction of sp³-hybridized carbons (Fsp3) is 0.692. The molecule has 0 amide bonds. The molecule has 0 aromatic heterocycles. The van der Waals surface area contributed by atoms with Gasteiger partial charge in [-0.2, -0.15) is 0 Å². The van der Waals surface area contributed by atoms with Crippen LogP contribution in [-0.4, -0.2) is 60.7 Å². The van der Waals surface area contributed by atoms with E-state index in [1.165, 1.54) is 11.1 Å². The number of hydrogen-bond acceptors (Lipinski definition) is 5. The van der Waals surface area contributed by atoms with Crippen LogP contribution in [0.1, 0.15) is 50.7 Å². The summed E-state index contributed by atoms with van der Waals surface area (Å²) in [5, 5.41) is 11.3. The molecule has 3 saturated carbocycles. The van der Waals surface area contributed by atoms with Crippen molar-refractivity contribution >= 4 is 0 Å². The molecule has 166 valence electrons. The number of methoxy groups -OCH3 is 2. The molecule has 0 unspecified atom stereocenters. The number of benzene rings is 1. The summed E-state index contributed by atoms with van der Waals surface area (Å²) in [6.07, 6.45) is 10.6. The topological polar surface area (TPSA) is 51.2 Å². The van der Waals surface area contributed by atoms with Gasteiger partial charge in [-0.05, 0) is 57.6 Å². The summed E-state index contributed by atoms with van der Waals surface area (Å²) in [6.45, 7) is 5.53. The van der Waals surface area contributed by atoms with E-state index in [1.807, 2.05) is 21.0 Å². The zero-order valence-corrected chi connectivity index (χ0v) is 19.0. The molecule has 1 aromatic rings. The predicted molar refractivity (Wildman–Crippen MR) is 117 cm³/mol. The number of nitrogens with zero attached hydrogens (tertiary/aromatic N) is 1. The SMILES string of the molecule is C#CCN1CC[C@]23c4c5ccc(OC)c4O[C@H]2[C@@]2(OC)CC[C@@]3(C[C@@H]2C(C)(C)O)[C@H]1C5. The summed E-state index contributed by atoms with van der Waals surface area (Å²) >= 11 is 0.